The molecule has 1 saturated carbocycles. The van der Waals surface area contributed by atoms with Gasteiger partial charge in [-0.3, -0.25) is 14.7 Å². The van der Waals surface area contributed by atoms with Crippen molar-refractivity contribution in [2.75, 3.05) is 19.6 Å². The third-order valence-corrected chi connectivity index (χ3v) is 5.12. The summed E-state index contributed by atoms with van der Waals surface area (Å²) in [6, 6.07) is 9.18. The molecule has 0 bridgehead atoms. The van der Waals surface area contributed by atoms with Gasteiger partial charge in [-0.1, -0.05) is 12.1 Å². The van der Waals surface area contributed by atoms with E-state index in [2.05, 4.69) is 10.3 Å². The summed E-state index contributed by atoms with van der Waals surface area (Å²) in [7, 11) is 0. The Bertz CT molecular complexity index is 841. The van der Waals surface area contributed by atoms with Gasteiger partial charge in [-0.05, 0) is 36.1 Å². The van der Waals surface area contributed by atoms with Crippen molar-refractivity contribution in [3.05, 3.63) is 54.0 Å². The van der Waals surface area contributed by atoms with Crippen LogP contribution in [0.1, 0.15) is 10.4 Å². The molecule has 2 fully saturated rings. The first kappa shape index (κ1) is 17.9. The molecular formula is C19H17F4N3O. The molecule has 2 aliphatic rings. The number of nitrogens with zero attached hydrogens (tertiary/aromatic N) is 2. The predicted octanol–water partition coefficient (Wildman–Crippen LogP) is 3.11. The molecule has 1 N–H and O–H groups in total. The lowest BCUT2D eigenvalue weighted by atomic mass is 10.1. The fraction of sp³-hybridized carbons (Fsp3) is 0.368. The van der Waals surface area contributed by atoms with Crippen LogP contribution in [0.3, 0.4) is 0 Å². The Hall–Kier alpha value is -2.48. The Morgan fingerprint density at radius 2 is 1.93 bits per heavy atom. The summed E-state index contributed by atoms with van der Waals surface area (Å²) in [5, 5.41) is 2.88. The number of nitrogens with one attached hydrogen (secondary N) is 1. The molecule has 142 valence electrons. The molecule has 0 radical (unpaired) electrons. The number of rotatable bonds is 4. The Morgan fingerprint density at radius 3 is 2.52 bits per heavy atom. The van der Waals surface area contributed by atoms with Gasteiger partial charge in [0.1, 0.15) is 5.82 Å². The highest BCUT2D eigenvalue weighted by atomic mass is 19.4. The van der Waals surface area contributed by atoms with E-state index in [1.54, 1.807) is 24.3 Å². The predicted molar refractivity (Wildman–Crippen MR) is 90.4 cm³/mol. The van der Waals surface area contributed by atoms with Gasteiger partial charge in [-0.25, -0.2) is 4.39 Å². The second kappa shape index (κ2) is 6.60. The Labute approximate surface area is 153 Å². The van der Waals surface area contributed by atoms with Crippen molar-refractivity contribution >= 4 is 5.91 Å². The van der Waals surface area contributed by atoms with Crippen LogP contribution in [-0.4, -0.2) is 47.6 Å². The summed E-state index contributed by atoms with van der Waals surface area (Å²) >= 11 is 0. The van der Waals surface area contributed by atoms with Gasteiger partial charge < -0.3 is 5.32 Å². The lowest BCUT2D eigenvalue weighted by Gasteiger charge is -2.21. The van der Waals surface area contributed by atoms with Gasteiger partial charge in [-0.15, -0.1) is 0 Å². The molecule has 1 aromatic heterocycles. The topological polar surface area (TPSA) is 45.2 Å². The average Bonchev–Trinajstić information content (AvgIpc) is 3.05. The summed E-state index contributed by atoms with van der Waals surface area (Å²) in [4.78, 5) is 17.9. The number of aromatic nitrogens is 1. The van der Waals surface area contributed by atoms with E-state index in [9.17, 15) is 22.4 Å². The van der Waals surface area contributed by atoms with Crippen molar-refractivity contribution in [2.24, 2.45) is 11.8 Å². The van der Waals surface area contributed by atoms with E-state index < -0.39 is 12.7 Å². The lowest BCUT2D eigenvalue weighted by Crippen LogP contribution is -2.38. The number of carbonyl (C=O) groups excluding carboxylic acids is 1. The number of hydrogen-bond donors (Lipinski definition) is 1. The minimum Gasteiger partial charge on any atom is -0.349 e. The van der Waals surface area contributed by atoms with Gasteiger partial charge in [0, 0.05) is 30.9 Å². The number of carbonyl (C=O) groups is 1. The highest BCUT2D eigenvalue weighted by molar-refractivity contribution is 5.94. The largest absolute Gasteiger partial charge is 0.401 e. The zero-order valence-corrected chi connectivity index (χ0v) is 14.2. The van der Waals surface area contributed by atoms with Crippen molar-refractivity contribution in [1.29, 1.82) is 0 Å². The Balaban J connectivity index is 1.33. The van der Waals surface area contributed by atoms with Crippen molar-refractivity contribution < 1.29 is 22.4 Å². The Kier molecular flexibility index (Phi) is 4.38. The van der Waals surface area contributed by atoms with Gasteiger partial charge in [0.15, 0.2) is 0 Å². The molecule has 1 aliphatic carbocycles. The molecule has 1 amide bonds. The quantitative estimate of drug-likeness (QED) is 0.831. The van der Waals surface area contributed by atoms with E-state index in [-0.39, 0.29) is 29.6 Å². The van der Waals surface area contributed by atoms with Crippen molar-refractivity contribution in [3.63, 3.8) is 0 Å². The number of pyridine rings is 1. The van der Waals surface area contributed by atoms with Crippen LogP contribution in [0, 0.1) is 17.7 Å². The highest BCUT2D eigenvalue weighted by Crippen LogP contribution is 2.46. The van der Waals surface area contributed by atoms with Crippen molar-refractivity contribution in [2.45, 2.75) is 12.2 Å². The van der Waals surface area contributed by atoms with Crippen LogP contribution in [0.4, 0.5) is 17.6 Å². The molecule has 1 aliphatic heterocycles. The summed E-state index contributed by atoms with van der Waals surface area (Å²) in [6.45, 7) is -0.191. The molecule has 0 unspecified atom stereocenters. The van der Waals surface area contributed by atoms with Crippen LogP contribution in [0.2, 0.25) is 0 Å². The zero-order valence-electron chi connectivity index (χ0n) is 14.2. The number of amides is 1. The summed E-state index contributed by atoms with van der Waals surface area (Å²) in [5.74, 6) is -0.502. The maximum absolute atomic E-state index is 13.3. The number of hydrogen-bond acceptors (Lipinski definition) is 3. The molecule has 1 saturated heterocycles. The lowest BCUT2D eigenvalue weighted by molar-refractivity contribution is -0.144. The molecule has 27 heavy (non-hydrogen) atoms. The fourth-order valence-electron chi connectivity index (χ4n) is 3.79. The number of halogens is 4. The molecule has 0 spiro atoms. The zero-order chi connectivity index (χ0) is 19.2. The molecule has 1 aromatic carbocycles. The fourth-order valence-corrected chi connectivity index (χ4v) is 3.79. The van der Waals surface area contributed by atoms with Crippen molar-refractivity contribution in [1.82, 2.24) is 15.2 Å². The van der Waals surface area contributed by atoms with Crippen LogP contribution < -0.4 is 5.32 Å². The average molecular weight is 379 g/mol. The van der Waals surface area contributed by atoms with E-state index in [1.165, 1.54) is 23.2 Å². The van der Waals surface area contributed by atoms with Crippen LogP contribution >= 0.6 is 0 Å². The summed E-state index contributed by atoms with van der Waals surface area (Å²) in [6.07, 6.45) is -2.77. The third-order valence-electron chi connectivity index (χ3n) is 5.12. The smallest absolute Gasteiger partial charge is 0.349 e. The van der Waals surface area contributed by atoms with E-state index >= 15 is 0 Å². The van der Waals surface area contributed by atoms with Crippen LogP contribution in [0.25, 0.3) is 11.3 Å². The molecule has 4 nitrogen and oxygen atoms in total. The number of benzene rings is 1. The first-order valence-corrected chi connectivity index (χ1v) is 8.62. The van der Waals surface area contributed by atoms with E-state index in [1.807, 2.05) is 0 Å². The number of fused-ring (bicyclic) bond motifs is 1. The van der Waals surface area contributed by atoms with Gasteiger partial charge in [0.05, 0.1) is 17.8 Å². The maximum Gasteiger partial charge on any atom is 0.401 e. The summed E-state index contributed by atoms with van der Waals surface area (Å²) < 4.78 is 50.5. The van der Waals surface area contributed by atoms with Gasteiger partial charge in [0.25, 0.3) is 5.91 Å². The number of likely N-dealkylation sites (tertiary alicyclic amines) is 1. The second-order valence-corrected chi connectivity index (χ2v) is 7.08. The maximum atomic E-state index is 13.3. The van der Waals surface area contributed by atoms with Gasteiger partial charge in [-0.2, -0.15) is 13.2 Å². The molecule has 8 heteroatoms. The van der Waals surface area contributed by atoms with Gasteiger partial charge in [0.2, 0.25) is 0 Å². The first-order valence-electron chi connectivity index (χ1n) is 8.62. The Morgan fingerprint density at radius 1 is 1.19 bits per heavy atom. The molecule has 4 rings (SSSR count). The van der Waals surface area contributed by atoms with Gasteiger partial charge >= 0.3 is 6.18 Å². The molecule has 3 atom stereocenters. The number of alkyl halides is 3. The first-order chi connectivity index (χ1) is 12.8. The molecular weight excluding hydrogens is 362 g/mol. The van der Waals surface area contributed by atoms with E-state index in [0.29, 0.717) is 29.9 Å². The monoisotopic (exact) mass is 379 g/mol. The third kappa shape index (κ3) is 3.95. The van der Waals surface area contributed by atoms with E-state index in [4.69, 9.17) is 0 Å². The normalized spacial score (nSPS) is 24.5. The minimum absolute atomic E-state index is 0.0788. The van der Waals surface area contributed by atoms with Crippen LogP contribution in [0.5, 0.6) is 0 Å². The molecule has 2 aromatic rings. The van der Waals surface area contributed by atoms with Crippen LogP contribution in [0.15, 0.2) is 42.6 Å². The minimum atomic E-state index is -4.19. The molecule has 2 heterocycles. The summed E-state index contributed by atoms with van der Waals surface area (Å²) in [5.41, 5.74) is 1.54. The standard InChI is InChI=1S/C19H17F4N3O/c20-13-3-1-2-11(6-13)16-5-4-12(7-24-16)18(27)25-17-14-8-26(9-15(14)17)10-19(21,22)23/h1-7,14-15,17H,8-10H2,(H,25,27)/t14-,15+,17+. The van der Waals surface area contributed by atoms with Crippen molar-refractivity contribution in [3.8, 4) is 11.3 Å². The van der Waals surface area contributed by atoms with E-state index in [0.717, 1.165) is 0 Å². The number of piperidine rings is 1. The SMILES string of the molecule is O=C(N[C@H]1[C@@H]2CN(CC(F)(F)F)C[C@@H]21)c1ccc(-c2cccc(F)c2)nc1. The highest BCUT2D eigenvalue weighted by Gasteiger charge is 2.57. The van der Waals surface area contributed by atoms with Crippen LogP contribution in [-0.2, 0) is 0 Å². The second-order valence-electron chi connectivity index (χ2n) is 7.08.